The molecule has 0 saturated carbocycles. The van der Waals surface area contributed by atoms with Crippen LogP contribution < -0.4 is 4.90 Å². The molecule has 1 unspecified atom stereocenters. The van der Waals surface area contributed by atoms with E-state index in [0.29, 0.717) is 19.4 Å². The molecule has 4 heteroatoms. The number of carboxylic acids is 1. The van der Waals surface area contributed by atoms with Crippen molar-refractivity contribution >= 4 is 11.7 Å². The minimum absolute atomic E-state index is 0.454. The molecule has 0 amide bonds. The normalized spacial score (nSPS) is 17.3. The molecule has 0 bridgehead atoms. The van der Waals surface area contributed by atoms with Crippen LogP contribution in [0.25, 0.3) is 0 Å². The van der Waals surface area contributed by atoms with Gasteiger partial charge in [0.05, 0.1) is 6.07 Å². The van der Waals surface area contributed by atoms with Gasteiger partial charge in [-0.05, 0) is 24.5 Å². The predicted molar refractivity (Wildman–Crippen MR) is 68.4 cm³/mol. The van der Waals surface area contributed by atoms with E-state index in [9.17, 15) is 9.90 Å². The quantitative estimate of drug-likeness (QED) is 0.806. The lowest BCUT2D eigenvalue weighted by Gasteiger charge is -2.24. The second-order valence-electron chi connectivity index (χ2n) is 4.50. The van der Waals surface area contributed by atoms with Crippen LogP contribution in [0.3, 0.4) is 0 Å². The Morgan fingerprint density at radius 2 is 2.22 bits per heavy atom. The molecule has 0 aliphatic carbocycles. The number of rotatable bonds is 5. The topological polar surface area (TPSA) is 64.3 Å². The minimum Gasteiger partial charge on any atom is -0.480 e. The lowest BCUT2D eigenvalue weighted by Crippen LogP contribution is -2.39. The number of anilines is 1. The van der Waals surface area contributed by atoms with Gasteiger partial charge in [0.25, 0.3) is 0 Å². The average molecular weight is 244 g/mol. The molecular formula is C14H16N2O2. The molecule has 1 heterocycles. The first-order chi connectivity index (χ1) is 8.74. The fourth-order valence-corrected chi connectivity index (χ4v) is 2.43. The Bertz CT molecular complexity index is 479. The summed E-state index contributed by atoms with van der Waals surface area (Å²) in [6.45, 7) is 0.704. The van der Waals surface area contributed by atoms with Crippen molar-refractivity contribution in [2.75, 3.05) is 11.4 Å². The summed E-state index contributed by atoms with van der Waals surface area (Å²) in [6.07, 6.45) is 2.78. The first-order valence-electron chi connectivity index (χ1n) is 6.18. The molecule has 4 nitrogen and oxygen atoms in total. The molecule has 1 N–H and O–H groups in total. The first kappa shape index (κ1) is 12.4. The van der Waals surface area contributed by atoms with Gasteiger partial charge < -0.3 is 10.0 Å². The van der Waals surface area contributed by atoms with Gasteiger partial charge in [-0.25, -0.2) is 4.79 Å². The maximum Gasteiger partial charge on any atom is 0.326 e. The Hall–Kier alpha value is -2.02. The van der Waals surface area contributed by atoms with E-state index in [4.69, 9.17) is 5.26 Å². The highest BCUT2D eigenvalue weighted by molar-refractivity contribution is 5.82. The van der Waals surface area contributed by atoms with E-state index in [-0.39, 0.29) is 0 Å². The number of hydrogen-bond acceptors (Lipinski definition) is 3. The lowest BCUT2D eigenvalue weighted by atomic mass is 10.1. The molecule has 1 aliphatic heterocycles. The molecule has 0 spiro atoms. The van der Waals surface area contributed by atoms with Gasteiger partial charge in [0.2, 0.25) is 0 Å². The van der Waals surface area contributed by atoms with Gasteiger partial charge in [-0.2, -0.15) is 5.26 Å². The molecule has 0 radical (unpaired) electrons. The zero-order valence-corrected chi connectivity index (χ0v) is 10.2. The van der Waals surface area contributed by atoms with Crippen molar-refractivity contribution in [1.29, 1.82) is 5.26 Å². The first-order valence-corrected chi connectivity index (χ1v) is 6.18. The Kier molecular flexibility index (Phi) is 3.83. The standard InChI is InChI=1S/C14H16N2O2/c15-8-4-1-5-9-16-12-7-3-2-6-11(12)10-13(16)14(17)18/h2-3,6-7,13H,1,4-5,9-10H2,(H,17,18). The van der Waals surface area contributed by atoms with E-state index >= 15 is 0 Å². The van der Waals surface area contributed by atoms with Crippen LogP contribution in [0.4, 0.5) is 5.69 Å². The number of nitriles is 1. The summed E-state index contributed by atoms with van der Waals surface area (Å²) in [5, 5.41) is 17.8. The molecule has 1 aromatic carbocycles. The van der Waals surface area contributed by atoms with E-state index in [1.807, 2.05) is 29.2 Å². The van der Waals surface area contributed by atoms with Gasteiger partial charge in [-0.1, -0.05) is 18.2 Å². The predicted octanol–water partition coefficient (Wildman–Crippen LogP) is 2.20. The van der Waals surface area contributed by atoms with E-state index in [0.717, 1.165) is 24.1 Å². The van der Waals surface area contributed by atoms with Crippen LogP contribution in [0.2, 0.25) is 0 Å². The van der Waals surface area contributed by atoms with Crippen molar-refractivity contribution in [3.63, 3.8) is 0 Å². The lowest BCUT2D eigenvalue weighted by molar-refractivity contribution is -0.138. The van der Waals surface area contributed by atoms with Crippen molar-refractivity contribution < 1.29 is 9.90 Å². The third-order valence-electron chi connectivity index (χ3n) is 3.31. The molecule has 0 aromatic heterocycles. The number of para-hydroxylation sites is 1. The van der Waals surface area contributed by atoms with Crippen LogP contribution in [0.15, 0.2) is 24.3 Å². The molecule has 1 atom stereocenters. The molecule has 0 saturated heterocycles. The summed E-state index contributed by atoms with van der Waals surface area (Å²) < 4.78 is 0. The second kappa shape index (κ2) is 5.54. The number of nitrogens with zero attached hydrogens (tertiary/aromatic N) is 2. The monoisotopic (exact) mass is 244 g/mol. The van der Waals surface area contributed by atoms with Crippen molar-refractivity contribution in [3.8, 4) is 6.07 Å². The molecule has 1 aromatic rings. The fraction of sp³-hybridized carbons (Fsp3) is 0.429. The Labute approximate surface area is 106 Å². The van der Waals surface area contributed by atoms with E-state index in [1.54, 1.807) is 0 Å². The zero-order valence-electron chi connectivity index (χ0n) is 10.2. The summed E-state index contributed by atoms with van der Waals surface area (Å²) in [5.41, 5.74) is 2.13. The molecule has 2 rings (SSSR count). The largest absolute Gasteiger partial charge is 0.480 e. The van der Waals surface area contributed by atoms with Gasteiger partial charge in [-0.3, -0.25) is 0 Å². The summed E-state index contributed by atoms with van der Waals surface area (Å²) in [5.74, 6) is -0.772. The average Bonchev–Trinajstić information content (AvgIpc) is 2.74. The molecular weight excluding hydrogens is 228 g/mol. The highest BCUT2D eigenvalue weighted by atomic mass is 16.4. The molecule has 1 aliphatic rings. The molecule has 18 heavy (non-hydrogen) atoms. The van der Waals surface area contributed by atoms with E-state index < -0.39 is 12.0 Å². The third-order valence-corrected chi connectivity index (χ3v) is 3.31. The highest BCUT2D eigenvalue weighted by Gasteiger charge is 2.33. The third kappa shape index (κ3) is 2.45. The Morgan fingerprint density at radius 1 is 1.44 bits per heavy atom. The minimum atomic E-state index is -0.772. The van der Waals surface area contributed by atoms with E-state index in [2.05, 4.69) is 6.07 Å². The summed E-state index contributed by atoms with van der Waals surface area (Å²) >= 11 is 0. The van der Waals surface area contributed by atoms with Crippen LogP contribution >= 0.6 is 0 Å². The van der Waals surface area contributed by atoms with E-state index in [1.165, 1.54) is 0 Å². The maximum absolute atomic E-state index is 11.3. The molecule has 94 valence electrons. The molecule has 0 fully saturated rings. The maximum atomic E-state index is 11.3. The van der Waals surface area contributed by atoms with Crippen LogP contribution in [-0.4, -0.2) is 23.7 Å². The van der Waals surface area contributed by atoms with Gasteiger partial charge in [0, 0.05) is 25.1 Å². The number of hydrogen-bond donors (Lipinski definition) is 1. The van der Waals surface area contributed by atoms with Gasteiger partial charge in [0.15, 0.2) is 0 Å². The Balaban J connectivity index is 2.09. The van der Waals surface area contributed by atoms with Gasteiger partial charge in [-0.15, -0.1) is 0 Å². The van der Waals surface area contributed by atoms with Crippen molar-refractivity contribution in [2.24, 2.45) is 0 Å². The van der Waals surface area contributed by atoms with Gasteiger partial charge in [0.1, 0.15) is 6.04 Å². The highest BCUT2D eigenvalue weighted by Crippen LogP contribution is 2.32. The number of carboxylic acid groups (broad SMARTS) is 1. The van der Waals surface area contributed by atoms with Crippen molar-refractivity contribution in [3.05, 3.63) is 29.8 Å². The zero-order chi connectivity index (χ0) is 13.0. The van der Waals surface area contributed by atoms with Crippen molar-refractivity contribution in [2.45, 2.75) is 31.7 Å². The van der Waals surface area contributed by atoms with Crippen LogP contribution in [-0.2, 0) is 11.2 Å². The number of aliphatic carboxylic acids is 1. The SMILES string of the molecule is N#CCCCCN1c2ccccc2CC1C(=O)O. The van der Waals surface area contributed by atoms with Crippen LogP contribution in [0.5, 0.6) is 0 Å². The van der Waals surface area contributed by atoms with Gasteiger partial charge >= 0.3 is 5.97 Å². The summed E-state index contributed by atoms with van der Waals surface area (Å²) in [7, 11) is 0. The van der Waals surface area contributed by atoms with Crippen molar-refractivity contribution in [1.82, 2.24) is 0 Å². The fourth-order valence-electron chi connectivity index (χ4n) is 2.43. The Morgan fingerprint density at radius 3 is 2.94 bits per heavy atom. The second-order valence-corrected chi connectivity index (χ2v) is 4.50. The number of fused-ring (bicyclic) bond motifs is 1. The summed E-state index contributed by atoms with van der Waals surface area (Å²) in [4.78, 5) is 13.2. The van der Waals surface area contributed by atoms with Crippen LogP contribution in [0.1, 0.15) is 24.8 Å². The summed E-state index contributed by atoms with van der Waals surface area (Å²) in [6, 6.07) is 9.50. The smallest absolute Gasteiger partial charge is 0.326 e. The number of carbonyl (C=O) groups is 1. The number of unbranched alkanes of at least 4 members (excludes halogenated alkanes) is 2. The van der Waals surface area contributed by atoms with Crippen LogP contribution in [0, 0.1) is 11.3 Å². The number of benzene rings is 1.